The molecule has 0 N–H and O–H groups in total. The summed E-state index contributed by atoms with van der Waals surface area (Å²) in [7, 11) is 0. The second-order valence-electron chi connectivity index (χ2n) is 7.59. The van der Waals surface area contributed by atoms with E-state index in [1.807, 2.05) is 0 Å². The summed E-state index contributed by atoms with van der Waals surface area (Å²) in [6.45, 7) is 7.59. The minimum atomic E-state index is -1.23. The molecule has 0 spiro atoms. The standard InChI is InChI=1S/C17H29FO/c1-16(2,18)12-19-17(3,4)11-15-13-9-7-5-6-8-10-14(13)15/h5-6,13-15H,7-12H2,1-4H3/b6-5+/t13-,14+,15-. The summed E-state index contributed by atoms with van der Waals surface area (Å²) in [6.07, 6.45) is 10.9. The first-order chi connectivity index (χ1) is 8.79. The molecule has 19 heavy (non-hydrogen) atoms. The van der Waals surface area contributed by atoms with E-state index in [4.69, 9.17) is 4.74 Å². The lowest BCUT2D eigenvalue weighted by molar-refractivity contribution is -0.0712. The molecule has 0 heterocycles. The van der Waals surface area contributed by atoms with Crippen LogP contribution in [-0.4, -0.2) is 17.9 Å². The van der Waals surface area contributed by atoms with Gasteiger partial charge in [0.1, 0.15) is 5.67 Å². The highest BCUT2D eigenvalue weighted by molar-refractivity contribution is 5.03. The van der Waals surface area contributed by atoms with Gasteiger partial charge in [-0.2, -0.15) is 0 Å². The number of hydrogen-bond acceptors (Lipinski definition) is 1. The van der Waals surface area contributed by atoms with Crippen molar-refractivity contribution in [2.45, 2.75) is 71.1 Å². The van der Waals surface area contributed by atoms with Crippen LogP contribution in [0.3, 0.4) is 0 Å². The molecule has 0 aromatic heterocycles. The van der Waals surface area contributed by atoms with Crippen LogP contribution in [0.2, 0.25) is 0 Å². The maximum Gasteiger partial charge on any atom is 0.128 e. The van der Waals surface area contributed by atoms with Gasteiger partial charge in [0, 0.05) is 0 Å². The van der Waals surface area contributed by atoms with E-state index in [0.717, 1.165) is 24.2 Å². The van der Waals surface area contributed by atoms with E-state index < -0.39 is 5.67 Å². The lowest BCUT2D eigenvalue weighted by Gasteiger charge is -2.28. The van der Waals surface area contributed by atoms with Gasteiger partial charge in [-0.15, -0.1) is 0 Å². The van der Waals surface area contributed by atoms with Gasteiger partial charge >= 0.3 is 0 Å². The Balaban J connectivity index is 1.81. The fraction of sp³-hybridized carbons (Fsp3) is 0.882. The molecule has 2 aliphatic rings. The number of rotatable bonds is 5. The normalized spacial score (nSPS) is 33.2. The zero-order valence-corrected chi connectivity index (χ0v) is 12.9. The lowest BCUT2D eigenvalue weighted by atomic mass is 9.98. The number of fused-ring (bicyclic) bond motifs is 1. The summed E-state index contributed by atoms with van der Waals surface area (Å²) >= 11 is 0. The first-order valence-corrected chi connectivity index (χ1v) is 7.76. The van der Waals surface area contributed by atoms with Crippen molar-refractivity contribution in [2.75, 3.05) is 6.61 Å². The van der Waals surface area contributed by atoms with E-state index >= 15 is 0 Å². The van der Waals surface area contributed by atoms with Crippen LogP contribution >= 0.6 is 0 Å². The Morgan fingerprint density at radius 3 is 2.05 bits per heavy atom. The first kappa shape index (κ1) is 15.0. The van der Waals surface area contributed by atoms with Gasteiger partial charge in [-0.25, -0.2) is 4.39 Å². The Morgan fingerprint density at radius 2 is 1.58 bits per heavy atom. The molecule has 0 saturated heterocycles. The molecule has 0 radical (unpaired) electrons. The van der Waals surface area contributed by atoms with Gasteiger partial charge < -0.3 is 4.74 Å². The Kier molecular flexibility index (Phi) is 4.39. The van der Waals surface area contributed by atoms with Gasteiger partial charge in [-0.1, -0.05) is 12.2 Å². The third-order valence-corrected chi connectivity index (χ3v) is 4.54. The number of alkyl halides is 1. The zero-order chi connectivity index (χ0) is 14.1. The van der Waals surface area contributed by atoms with Crippen molar-refractivity contribution in [3.05, 3.63) is 12.2 Å². The number of hydrogen-bond donors (Lipinski definition) is 0. The summed E-state index contributed by atoms with van der Waals surface area (Å²) < 4.78 is 19.4. The molecule has 0 aliphatic heterocycles. The molecule has 0 amide bonds. The van der Waals surface area contributed by atoms with Crippen LogP contribution in [0.1, 0.15) is 59.8 Å². The molecule has 2 aliphatic carbocycles. The van der Waals surface area contributed by atoms with Gasteiger partial charge in [0.2, 0.25) is 0 Å². The fourth-order valence-corrected chi connectivity index (χ4v) is 3.49. The Hall–Kier alpha value is -0.370. The predicted octanol–water partition coefficient (Wildman–Crippen LogP) is 4.91. The van der Waals surface area contributed by atoms with E-state index in [9.17, 15) is 4.39 Å². The van der Waals surface area contributed by atoms with E-state index in [1.165, 1.54) is 25.7 Å². The van der Waals surface area contributed by atoms with E-state index in [-0.39, 0.29) is 12.2 Å². The van der Waals surface area contributed by atoms with Crippen LogP contribution in [-0.2, 0) is 4.74 Å². The highest BCUT2D eigenvalue weighted by atomic mass is 19.1. The molecular formula is C17H29FO. The van der Waals surface area contributed by atoms with Gasteiger partial charge in [0.25, 0.3) is 0 Å². The number of allylic oxidation sites excluding steroid dienone is 2. The van der Waals surface area contributed by atoms with Crippen molar-refractivity contribution in [3.63, 3.8) is 0 Å². The molecule has 0 aromatic rings. The quantitative estimate of drug-likeness (QED) is 0.644. The maximum absolute atomic E-state index is 13.5. The average molecular weight is 268 g/mol. The fourth-order valence-electron chi connectivity index (χ4n) is 3.49. The predicted molar refractivity (Wildman–Crippen MR) is 77.9 cm³/mol. The SMILES string of the molecule is CC(C)(F)COC(C)(C)C[C@@H]1[C@@H]2CC/C=C/CC[C@@H]21. The van der Waals surface area contributed by atoms with Crippen LogP contribution in [0.4, 0.5) is 4.39 Å². The smallest absolute Gasteiger partial charge is 0.128 e. The third kappa shape index (κ3) is 4.59. The molecular weight excluding hydrogens is 239 g/mol. The van der Waals surface area contributed by atoms with Gasteiger partial charge in [-0.05, 0) is 77.6 Å². The number of ether oxygens (including phenoxy) is 1. The summed E-state index contributed by atoms with van der Waals surface area (Å²) in [5.74, 6) is 2.59. The monoisotopic (exact) mass is 268 g/mol. The first-order valence-electron chi connectivity index (χ1n) is 7.76. The maximum atomic E-state index is 13.5. The molecule has 0 aromatic carbocycles. The molecule has 2 rings (SSSR count). The molecule has 1 saturated carbocycles. The second kappa shape index (κ2) is 5.55. The average Bonchev–Trinajstić information content (AvgIpc) is 2.83. The zero-order valence-electron chi connectivity index (χ0n) is 12.9. The number of halogens is 1. The lowest BCUT2D eigenvalue weighted by Crippen LogP contribution is -2.32. The summed E-state index contributed by atoms with van der Waals surface area (Å²) in [5.41, 5.74) is -1.42. The highest BCUT2D eigenvalue weighted by Crippen LogP contribution is 2.56. The highest BCUT2D eigenvalue weighted by Gasteiger charge is 2.50. The molecule has 0 unspecified atom stereocenters. The van der Waals surface area contributed by atoms with Gasteiger partial charge in [0.15, 0.2) is 0 Å². The van der Waals surface area contributed by atoms with Crippen LogP contribution in [0.25, 0.3) is 0 Å². The molecule has 0 bridgehead atoms. The molecule has 110 valence electrons. The Morgan fingerprint density at radius 1 is 1.05 bits per heavy atom. The van der Waals surface area contributed by atoms with Gasteiger partial charge in [0.05, 0.1) is 12.2 Å². The summed E-state index contributed by atoms with van der Waals surface area (Å²) in [5, 5.41) is 0. The summed E-state index contributed by atoms with van der Waals surface area (Å²) in [6, 6.07) is 0. The van der Waals surface area contributed by atoms with Crippen LogP contribution in [0.5, 0.6) is 0 Å². The van der Waals surface area contributed by atoms with Crippen molar-refractivity contribution in [1.82, 2.24) is 0 Å². The van der Waals surface area contributed by atoms with E-state index in [1.54, 1.807) is 13.8 Å². The molecule has 1 fully saturated rings. The van der Waals surface area contributed by atoms with Crippen LogP contribution < -0.4 is 0 Å². The van der Waals surface area contributed by atoms with Crippen molar-refractivity contribution in [1.29, 1.82) is 0 Å². The van der Waals surface area contributed by atoms with Crippen LogP contribution in [0.15, 0.2) is 12.2 Å². The Labute approximate surface area is 117 Å². The van der Waals surface area contributed by atoms with Crippen molar-refractivity contribution >= 4 is 0 Å². The third-order valence-electron chi connectivity index (χ3n) is 4.54. The van der Waals surface area contributed by atoms with Crippen molar-refractivity contribution in [3.8, 4) is 0 Å². The Bertz CT molecular complexity index is 311. The summed E-state index contributed by atoms with van der Waals surface area (Å²) in [4.78, 5) is 0. The molecule has 2 heteroatoms. The topological polar surface area (TPSA) is 9.23 Å². The largest absolute Gasteiger partial charge is 0.372 e. The minimum Gasteiger partial charge on any atom is -0.372 e. The second-order valence-corrected chi connectivity index (χ2v) is 7.59. The van der Waals surface area contributed by atoms with Gasteiger partial charge in [-0.3, -0.25) is 0 Å². The van der Waals surface area contributed by atoms with Crippen molar-refractivity contribution < 1.29 is 9.13 Å². The van der Waals surface area contributed by atoms with E-state index in [2.05, 4.69) is 26.0 Å². The molecule has 3 atom stereocenters. The molecule has 1 nitrogen and oxygen atoms in total. The van der Waals surface area contributed by atoms with Crippen LogP contribution in [0, 0.1) is 17.8 Å². The minimum absolute atomic E-state index is 0.192. The van der Waals surface area contributed by atoms with E-state index in [0.29, 0.717) is 0 Å². The van der Waals surface area contributed by atoms with Crippen molar-refractivity contribution in [2.24, 2.45) is 17.8 Å².